The smallest absolute Gasteiger partial charge is 0.178 e. The fourth-order valence-corrected chi connectivity index (χ4v) is 1.33. The Morgan fingerprint density at radius 3 is 3.00 bits per heavy atom. The van der Waals surface area contributed by atoms with Crippen LogP contribution in [-0.2, 0) is 6.42 Å². The van der Waals surface area contributed by atoms with Crippen molar-refractivity contribution in [3.8, 4) is 0 Å². The molecule has 0 saturated carbocycles. The second-order valence-electron chi connectivity index (χ2n) is 2.79. The maximum atomic E-state index is 5.76. The van der Waals surface area contributed by atoms with Crippen LogP contribution in [0.15, 0.2) is 12.1 Å². The summed E-state index contributed by atoms with van der Waals surface area (Å²) in [6.45, 7) is 2.09. The van der Waals surface area contributed by atoms with Gasteiger partial charge >= 0.3 is 0 Å². The monoisotopic (exact) mass is 196 g/mol. The molecule has 5 heteroatoms. The molecule has 0 N–H and O–H groups in total. The minimum atomic E-state index is 0.463. The van der Waals surface area contributed by atoms with Crippen molar-refractivity contribution in [1.29, 1.82) is 0 Å². The topological polar surface area (TPSA) is 43.1 Å². The van der Waals surface area contributed by atoms with Crippen LogP contribution in [0, 0.1) is 0 Å². The van der Waals surface area contributed by atoms with Gasteiger partial charge in [0, 0.05) is 6.42 Å². The molecule has 4 nitrogen and oxygen atoms in total. The van der Waals surface area contributed by atoms with Crippen LogP contribution in [0.25, 0.3) is 5.65 Å². The Morgan fingerprint density at radius 2 is 2.23 bits per heavy atom. The van der Waals surface area contributed by atoms with Crippen molar-refractivity contribution in [3.63, 3.8) is 0 Å². The molecule has 0 fully saturated rings. The van der Waals surface area contributed by atoms with Crippen molar-refractivity contribution in [1.82, 2.24) is 19.8 Å². The quantitative estimate of drug-likeness (QED) is 0.735. The highest BCUT2D eigenvalue weighted by Crippen LogP contribution is 2.08. The zero-order valence-corrected chi connectivity index (χ0v) is 7.99. The number of nitrogens with zero attached hydrogens (tertiary/aromatic N) is 4. The molecule has 0 spiro atoms. The summed E-state index contributed by atoms with van der Waals surface area (Å²) in [4.78, 5) is 0. The van der Waals surface area contributed by atoms with Crippen molar-refractivity contribution >= 4 is 17.2 Å². The molecule has 0 bridgehead atoms. The minimum Gasteiger partial charge on any atom is -0.196 e. The molecule has 68 valence electrons. The fourth-order valence-electron chi connectivity index (χ4n) is 1.19. The van der Waals surface area contributed by atoms with Crippen molar-refractivity contribution in [2.75, 3.05) is 0 Å². The first-order valence-corrected chi connectivity index (χ1v) is 4.56. The second-order valence-corrected chi connectivity index (χ2v) is 3.18. The Labute approximate surface area is 80.5 Å². The predicted molar refractivity (Wildman–Crippen MR) is 49.8 cm³/mol. The van der Waals surface area contributed by atoms with Crippen LogP contribution in [0.5, 0.6) is 0 Å². The van der Waals surface area contributed by atoms with E-state index in [0.29, 0.717) is 5.15 Å². The standard InChI is InChI=1S/C8H9ClN4/c1-2-3-7-10-11-8-5-4-6(9)12-13(7)8/h4-5H,2-3H2,1H3. The number of hydrogen-bond donors (Lipinski definition) is 0. The van der Waals surface area contributed by atoms with E-state index < -0.39 is 0 Å². The summed E-state index contributed by atoms with van der Waals surface area (Å²) in [5, 5.41) is 12.6. The summed E-state index contributed by atoms with van der Waals surface area (Å²) in [6, 6.07) is 3.52. The van der Waals surface area contributed by atoms with E-state index in [0.717, 1.165) is 24.3 Å². The van der Waals surface area contributed by atoms with Crippen LogP contribution >= 0.6 is 11.6 Å². The molecule has 0 atom stereocenters. The van der Waals surface area contributed by atoms with Crippen LogP contribution in [0.4, 0.5) is 0 Å². The molecule has 0 aliphatic rings. The number of aromatic nitrogens is 4. The van der Waals surface area contributed by atoms with E-state index in [1.807, 2.05) is 6.07 Å². The number of halogens is 1. The van der Waals surface area contributed by atoms with Crippen molar-refractivity contribution in [2.24, 2.45) is 0 Å². The van der Waals surface area contributed by atoms with Gasteiger partial charge in [0.15, 0.2) is 11.5 Å². The van der Waals surface area contributed by atoms with E-state index in [9.17, 15) is 0 Å². The zero-order valence-electron chi connectivity index (χ0n) is 7.24. The van der Waals surface area contributed by atoms with Crippen LogP contribution in [0.1, 0.15) is 19.2 Å². The Bertz CT molecular complexity index is 423. The molecule has 0 amide bonds. The van der Waals surface area contributed by atoms with Gasteiger partial charge in [-0.1, -0.05) is 18.5 Å². The highest BCUT2D eigenvalue weighted by Gasteiger charge is 2.04. The van der Waals surface area contributed by atoms with Crippen LogP contribution < -0.4 is 0 Å². The van der Waals surface area contributed by atoms with E-state index in [1.165, 1.54) is 0 Å². The molecule has 0 aliphatic heterocycles. The largest absolute Gasteiger partial charge is 0.196 e. The van der Waals surface area contributed by atoms with Crippen molar-refractivity contribution < 1.29 is 0 Å². The summed E-state index contributed by atoms with van der Waals surface area (Å²) >= 11 is 5.76. The first kappa shape index (κ1) is 8.44. The molecule has 13 heavy (non-hydrogen) atoms. The lowest BCUT2D eigenvalue weighted by Crippen LogP contribution is -1.98. The average molecular weight is 197 g/mol. The van der Waals surface area contributed by atoms with Gasteiger partial charge in [0.25, 0.3) is 0 Å². The van der Waals surface area contributed by atoms with Gasteiger partial charge in [-0.3, -0.25) is 0 Å². The highest BCUT2D eigenvalue weighted by molar-refractivity contribution is 6.29. The SMILES string of the molecule is CCCc1nnc2ccc(Cl)nn12. The molecule has 0 saturated heterocycles. The van der Waals surface area contributed by atoms with Gasteiger partial charge in [-0.25, -0.2) is 0 Å². The molecule has 0 aliphatic carbocycles. The number of rotatable bonds is 2. The number of fused-ring (bicyclic) bond motifs is 1. The first-order valence-electron chi connectivity index (χ1n) is 4.18. The third kappa shape index (κ3) is 1.49. The molecule has 0 aromatic carbocycles. The van der Waals surface area contributed by atoms with Crippen LogP contribution in [0.2, 0.25) is 5.15 Å². The van der Waals surface area contributed by atoms with Gasteiger partial charge in [-0.2, -0.15) is 9.61 Å². The molecule has 2 heterocycles. The summed E-state index contributed by atoms with van der Waals surface area (Å²) in [5.41, 5.74) is 0.743. The molecular formula is C8H9ClN4. The second kappa shape index (κ2) is 3.30. The molecular weight excluding hydrogens is 188 g/mol. The Morgan fingerprint density at radius 1 is 1.38 bits per heavy atom. The third-order valence-electron chi connectivity index (χ3n) is 1.77. The first-order chi connectivity index (χ1) is 6.31. The van der Waals surface area contributed by atoms with Gasteiger partial charge in [0.1, 0.15) is 5.15 Å². The van der Waals surface area contributed by atoms with E-state index in [1.54, 1.807) is 10.6 Å². The highest BCUT2D eigenvalue weighted by atomic mass is 35.5. The predicted octanol–water partition coefficient (Wildman–Crippen LogP) is 1.73. The van der Waals surface area contributed by atoms with Crippen LogP contribution in [0.3, 0.4) is 0 Å². The summed E-state index contributed by atoms with van der Waals surface area (Å²) in [6.07, 6.45) is 1.89. The normalized spacial score (nSPS) is 10.9. The molecule has 0 radical (unpaired) electrons. The zero-order chi connectivity index (χ0) is 9.26. The van der Waals surface area contributed by atoms with E-state index >= 15 is 0 Å². The van der Waals surface area contributed by atoms with E-state index in [4.69, 9.17) is 11.6 Å². The molecule has 2 aromatic rings. The van der Waals surface area contributed by atoms with E-state index in [2.05, 4.69) is 22.2 Å². The molecule has 2 aromatic heterocycles. The average Bonchev–Trinajstić information content (AvgIpc) is 2.49. The van der Waals surface area contributed by atoms with Gasteiger partial charge in [0.2, 0.25) is 0 Å². The van der Waals surface area contributed by atoms with Crippen molar-refractivity contribution in [2.45, 2.75) is 19.8 Å². The van der Waals surface area contributed by atoms with E-state index in [-0.39, 0.29) is 0 Å². The lowest BCUT2D eigenvalue weighted by atomic mass is 10.3. The lowest BCUT2D eigenvalue weighted by Gasteiger charge is -1.95. The lowest BCUT2D eigenvalue weighted by molar-refractivity contribution is 0.770. The summed E-state index contributed by atoms with van der Waals surface area (Å²) in [7, 11) is 0. The molecule has 2 rings (SSSR count). The summed E-state index contributed by atoms with van der Waals surface area (Å²) in [5.74, 6) is 0.861. The number of aryl methyl sites for hydroxylation is 1. The van der Waals surface area contributed by atoms with Gasteiger partial charge in [-0.15, -0.1) is 10.2 Å². The van der Waals surface area contributed by atoms with Gasteiger partial charge in [0.05, 0.1) is 0 Å². The molecule has 0 unspecified atom stereocenters. The van der Waals surface area contributed by atoms with Crippen LogP contribution in [-0.4, -0.2) is 19.8 Å². The Balaban J connectivity index is 2.58. The Hall–Kier alpha value is -1.16. The Kier molecular flexibility index (Phi) is 2.14. The maximum Gasteiger partial charge on any atom is 0.178 e. The summed E-state index contributed by atoms with van der Waals surface area (Å²) < 4.78 is 1.69. The third-order valence-corrected chi connectivity index (χ3v) is 1.97. The van der Waals surface area contributed by atoms with Crippen molar-refractivity contribution in [3.05, 3.63) is 23.1 Å². The van der Waals surface area contributed by atoms with Gasteiger partial charge in [-0.05, 0) is 18.6 Å². The number of hydrogen-bond acceptors (Lipinski definition) is 3. The fraction of sp³-hybridized carbons (Fsp3) is 0.375. The van der Waals surface area contributed by atoms with Gasteiger partial charge < -0.3 is 0 Å². The minimum absolute atomic E-state index is 0.463. The maximum absolute atomic E-state index is 5.76.